The maximum Gasteiger partial charge on any atom is 0.0886 e. The average molecular weight is 307 g/mol. The van der Waals surface area contributed by atoms with Gasteiger partial charge in [-0.3, -0.25) is 0 Å². The van der Waals surface area contributed by atoms with Crippen LogP contribution in [0.4, 0.5) is 0 Å². The lowest BCUT2D eigenvalue weighted by molar-refractivity contribution is -0.914. The van der Waals surface area contributed by atoms with E-state index >= 15 is 0 Å². The normalized spacial score (nSPS) is 16.1. The van der Waals surface area contributed by atoms with E-state index in [4.69, 9.17) is 0 Å². The van der Waals surface area contributed by atoms with Crippen molar-refractivity contribution in [1.82, 2.24) is 0 Å². The van der Waals surface area contributed by atoms with E-state index < -0.39 is 0 Å². The van der Waals surface area contributed by atoms with Gasteiger partial charge in [-0.05, 0) is 53.4 Å². The molecule has 0 aliphatic heterocycles. The van der Waals surface area contributed by atoms with Crippen molar-refractivity contribution < 1.29 is 19.9 Å². The summed E-state index contributed by atoms with van der Waals surface area (Å²) in [6, 6.07) is 0.953. The molecule has 4 nitrogen and oxygen atoms in total. The van der Waals surface area contributed by atoms with Gasteiger partial charge in [-0.25, -0.2) is 0 Å². The van der Waals surface area contributed by atoms with Gasteiger partial charge in [-0.2, -0.15) is 0 Å². The van der Waals surface area contributed by atoms with E-state index in [1.54, 1.807) is 0 Å². The summed E-state index contributed by atoms with van der Waals surface area (Å²) in [4.78, 5) is 0. The van der Waals surface area contributed by atoms with Gasteiger partial charge in [-0.15, -0.1) is 0 Å². The van der Waals surface area contributed by atoms with Crippen LogP contribution in [0.5, 0.6) is 0 Å². The first-order chi connectivity index (χ1) is 8.85. The molecule has 1 rings (SSSR count). The molecule has 0 spiro atoms. The first kappa shape index (κ1) is 25.8. The molecule has 0 unspecified atom stereocenters. The maximum absolute atomic E-state index is 2.37. The number of rotatable bonds is 5. The lowest BCUT2D eigenvalue weighted by atomic mass is 9.93. The van der Waals surface area contributed by atoms with Gasteiger partial charge in [0.2, 0.25) is 0 Å². The highest BCUT2D eigenvalue weighted by atomic mass is 16.0. The third-order valence-corrected chi connectivity index (χ3v) is 5.67. The molecule has 21 heavy (non-hydrogen) atoms. The largest absolute Gasteiger partial charge is 0.870 e. The lowest BCUT2D eigenvalue weighted by Crippen LogP contribution is -2.49. The Balaban J connectivity index is -0.000000295. The number of hydrogen-bond donors (Lipinski definition) is 0. The van der Waals surface area contributed by atoms with Gasteiger partial charge in [0, 0.05) is 0 Å². The molecule has 1 aliphatic rings. The van der Waals surface area contributed by atoms with Crippen molar-refractivity contribution in [2.24, 2.45) is 0 Å². The Morgan fingerprint density at radius 3 is 1.29 bits per heavy atom. The molecule has 0 aromatic heterocycles. The molecule has 2 N–H and O–H groups in total. The number of nitrogens with zero attached hydrogens (tertiary/aromatic N) is 2. The smallest absolute Gasteiger partial charge is 0.0886 e. The van der Waals surface area contributed by atoms with Gasteiger partial charge in [0.1, 0.15) is 0 Å². The van der Waals surface area contributed by atoms with Gasteiger partial charge in [0.05, 0.1) is 53.4 Å². The molecular formula is C17H42N2O2. The summed E-state index contributed by atoms with van der Waals surface area (Å²) < 4.78 is 2.44. The minimum atomic E-state index is 0. The molecular weight excluding hydrogens is 264 g/mol. The Hall–Kier alpha value is -0.160. The van der Waals surface area contributed by atoms with E-state index in [1.807, 2.05) is 0 Å². The summed E-state index contributed by atoms with van der Waals surface area (Å²) in [6.45, 7) is 14.1. The highest BCUT2D eigenvalue weighted by Gasteiger charge is 2.27. The van der Waals surface area contributed by atoms with E-state index in [9.17, 15) is 0 Å². The molecule has 0 atom stereocenters. The zero-order chi connectivity index (χ0) is 14.9. The van der Waals surface area contributed by atoms with Crippen LogP contribution in [-0.2, 0) is 0 Å². The molecule has 0 saturated heterocycles. The third kappa shape index (κ3) is 9.46. The fourth-order valence-corrected chi connectivity index (χ4v) is 2.71. The molecule has 132 valence electrons. The van der Waals surface area contributed by atoms with E-state index in [-0.39, 0.29) is 11.0 Å². The minimum absolute atomic E-state index is 0. The van der Waals surface area contributed by atoms with Crippen molar-refractivity contribution in [1.29, 1.82) is 0 Å². The Kier molecular flexibility index (Phi) is 15.2. The number of hydrogen-bond acceptors (Lipinski definition) is 2. The van der Waals surface area contributed by atoms with Crippen LogP contribution in [0.2, 0.25) is 0 Å². The van der Waals surface area contributed by atoms with Crippen molar-refractivity contribution in [3.05, 3.63) is 0 Å². The van der Waals surface area contributed by atoms with E-state index in [0.717, 1.165) is 6.04 Å². The van der Waals surface area contributed by atoms with Crippen LogP contribution < -0.4 is 0 Å². The first-order valence-corrected chi connectivity index (χ1v) is 8.51. The summed E-state index contributed by atoms with van der Waals surface area (Å²) in [5.74, 6) is 0. The maximum atomic E-state index is 2.37. The van der Waals surface area contributed by atoms with Crippen LogP contribution in [0, 0.1) is 0 Å². The molecule has 0 heterocycles. The quantitative estimate of drug-likeness (QED) is 0.729. The minimum Gasteiger partial charge on any atom is -0.870 e. The van der Waals surface area contributed by atoms with Crippen molar-refractivity contribution in [2.45, 2.75) is 65.8 Å². The van der Waals surface area contributed by atoms with E-state index in [1.165, 1.54) is 67.2 Å². The van der Waals surface area contributed by atoms with Gasteiger partial charge in [-0.1, -0.05) is 6.42 Å². The predicted molar refractivity (Wildman–Crippen MR) is 91.2 cm³/mol. The van der Waals surface area contributed by atoms with Gasteiger partial charge < -0.3 is 19.9 Å². The molecule has 0 bridgehead atoms. The van der Waals surface area contributed by atoms with Crippen molar-refractivity contribution >= 4 is 0 Å². The molecule has 1 aliphatic carbocycles. The van der Waals surface area contributed by atoms with Gasteiger partial charge in [0.25, 0.3) is 0 Å². The topological polar surface area (TPSA) is 60.0 Å². The highest BCUT2D eigenvalue weighted by molar-refractivity contribution is 4.65. The molecule has 1 fully saturated rings. The Morgan fingerprint density at radius 2 is 1.05 bits per heavy atom. The molecule has 1 saturated carbocycles. The average Bonchev–Trinajstić information content (AvgIpc) is 2.48. The van der Waals surface area contributed by atoms with Gasteiger partial charge >= 0.3 is 0 Å². The monoisotopic (exact) mass is 306 g/mol. The van der Waals surface area contributed by atoms with Crippen LogP contribution in [0.25, 0.3) is 0 Å². The second-order valence-corrected chi connectivity index (χ2v) is 6.95. The van der Waals surface area contributed by atoms with Gasteiger partial charge in [0.15, 0.2) is 0 Å². The van der Waals surface area contributed by atoms with Crippen LogP contribution in [-0.4, -0.2) is 73.3 Å². The Labute approximate surface area is 133 Å². The summed E-state index contributed by atoms with van der Waals surface area (Å²) in [7, 11) is 7.03. The SMILES string of the molecule is CC[N+](C)(C)C1CCCCC1.CC[N+](C)(CC)CC.[OH-].[OH-]. The standard InChI is InChI=1S/C10H22N.C7H18N.2H2O/c1-4-11(2,3)10-8-6-5-7-9-10;1-5-8(4,6-2)7-3;;/h10H,4-9H2,1-3H3;5-7H2,1-4H3;2*1H2/q2*+1;;/p-2. The molecule has 0 aromatic rings. The zero-order valence-corrected chi connectivity index (χ0v) is 15.7. The van der Waals surface area contributed by atoms with Crippen molar-refractivity contribution in [3.63, 3.8) is 0 Å². The van der Waals surface area contributed by atoms with Crippen molar-refractivity contribution in [2.75, 3.05) is 47.3 Å². The second kappa shape index (κ2) is 12.4. The third-order valence-electron chi connectivity index (χ3n) is 5.67. The predicted octanol–water partition coefficient (Wildman–Crippen LogP) is 3.55. The second-order valence-electron chi connectivity index (χ2n) is 6.95. The zero-order valence-electron chi connectivity index (χ0n) is 15.7. The number of quaternary nitrogens is 2. The molecule has 0 amide bonds. The van der Waals surface area contributed by atoms with Crippen LogP contribution >= 0.6 is 0 Å². The summed E-state index contributed by atoms with van der Waals surface area (Å²) in [5, 5.41) is 0. The van der Waals surface area contributed by atoms with Crippen LogP contribution in [0.1, 0.15) is 59.8 Å². The summed E-state index contributed by atoms with van der Waals surface area (Å²) in [5.41, 5.74) is 0. The Bertz CT molecular complexity index is 215. The van der Waals surface area contributed by atoms with E-state index in [2.05, 4.69) is 48.8 Å². The molecule has 0 radical (unpaired) electrons. The van der Waals surface area contributed by atoms with Crippen molar-refractivity contribution in [3.8, 4) is 0 Å². The lowest BCUT2D eigenvalue weighted by Gasteiger charge is -2.39. The Morgan fingerprint density at radius 1 is 0.667 bits per heavy atom. The summed E-state index contributed by atoms with van der Waals surface area (Å²) >= 11 is 0. The fourth-order valence-electron chi connectivity index (χ4n) is 2.71. The first-order valence-electron chi connectivity index (χ1n) is 8.51. The van der Waals surface area contributed by atoms with Crippen LogP contribution in [0.15, 0.2) is 0 Å². The molecule has 0 aromatic carbocycles. The fraction of sp³-hybridized carbons (Fsp3) is 1.00. The summed E-state index contributed by atoms with van der Waals surface area (Å²) in [6.07, 6.45) is 7.32. The molecule has 4 heteroatoms. The highest BCUT2D eigenvalue weighted by Crippen LogP contribution is 2.24. The van der Waals surface area contributed by atoms with Crippen LogP contribution in [0.3, 0.4) is 0 Å². The van der Waals surface area contributed by atoms with E-state index in [0.29, 0.717) is 0 Å².